The van der Waals surface area contributed by atoms with Crippen LogP contribution < -0.4 is 5.73 Å². The maximum absolute atomic E-state index is 5.69. The molecule has 5 heteroatoms. The number of piperidine rings is 1. The molecule has 1 unspecified atom stereocenters. The Morgan fingerprint density at radius 2 is 2.41 bits per heavy atom. The van der Waals surface area contributed by atoms with Crippen molar-refractivity contribution in [3.8, 4) is 0 Å². The number of halogens is 1. The quantitative estimate of drug-likeness (QED) is 0.620. The Bertz CT molecular complexity index is 312. The van der Waals surface area contributed by atoms with Gasteiger partial charge in [0.1, 0.15) is 5.84 Å². The van der Waals surface area contributed by atoms with Gasteiger partial charge in [-0.15, -0.1) is 0 Å². The predicted octanol–water partition coefficient (Wildman–Crippen LogP) is 1.66. The molecule has 96 valence electrons. The van der Waals surface area contributed by atoms with E-state index in [0.29, 0.717) is 18.3 Å². The van der Waals surface area contributed by atoms with Crippen LogP contribution in [0.25, 0.3) is 0 Å². The molecule has 1 fully saturated rings. The molecule has 0 aromatic heterocycles. The van der Waals surface area contributed by atoms with Crippen LogP contribution in [-0.2, 0) is 0 Å². The molecule has 1 saturated heterocycles. The SMILES string of the molecule is C=C(Br)CN=C(N)C=NCC1CCCN(C)C1. The van der Waals surface area contributed by atoms with Crippen LogP contribution in [0.2, 0.25) is 0 Å². The number of hydrogen-bond donors (Lipinski definition) is 1. The van der Waals surface area contributed by atoms with Crippen molar-refractivity contribution in [1.82, 2.24) is 4.90 Å². The fourth-order valence-corrected chi connectivity index (χ4v) is 2.06. The minimum absolute atomic E-state index is 0.467. The van der Waals surface area contributed by atoms with E-state index in [9.17, 15) is 0 Å². The first-order valence-corrected chi connectivity index (χ1v) is 6.69. The van der Waals surface area contributed by atoms with Crippen molar-refractivity contribution in [3.63, 3.8) is 0 Å². The Balaban J connectivity index is 2.29. The number of amidine groups is 1. The predicted molar refractivity (Wildman–Crippen MR) is 78.1 cm³/mol. The summed E-state index contributed by atoms with van der Waals surface area (Å²) in [6.45, 7) is 7.38. The van der Waals surface area contributed by atoms with Crippen LogP contribution in [0.15, 0.2) is 21.0 Å². The van der Waals surface area contributed by atoms with Gasteiger partial charge in [-0.25, -0.2) is 0 Å². The van der Waals surface area contributed by atoms with Crippen LogP contribution in [0, 0.1) is 5.92 Å². The van der Waals surface area contributed by atoms with Gasteiger partial charge in [-0.05, 0) is 32.4 Å². The van der Waals surface area contributed by atoms with Crippen molar-refractivity contribution in [3.05, 3.63) is 11.1 Å². The van der Waals surface area contributed by atoms with E-state index in [1.54, 1.807) is 6.21 Å². The number of nitrogens with two attached hydrogens (primary N) is 1. The van der Waals surface area contributed by atoms with E-state index in [4.69, 9.17) is 5.73 Å². The van der Waals surface area contributed by atoms with Gasteiger partial charge in [0, 0.05) is 17.6 Å². The standard InChI is InChI=1S/C12H21BrN4/c1-10(13)6-16-12(14)8-15-7-11-4-3-5-17(2)9-11/h8,11H,1,3-7,9H2,2H3,(H2,14,16). The zero-order valence-corrected chi connectivity index (χ0v) is 12.0. The summed E-state index contributed by atoms with van der Waals surface area (Å²) in [7, 11) is 2.16. The van der Waals surface area contributed by atoms with E-state index in [1.165, 1.54) is 19.4 Å². The summed E-state index contributed by atoms with van der Waals surface area (Å²) < 4.78 is 0.822. The van der Waals surface area contributed by atoms with Crippen LogP contribution in [0.5, 0.6) is 0 Å². The second-order valence-electron chi connectivity index (χ2n) is 4.52. The molecule has 0 amide bonds. The molecule has 1 aliphatic heterocycles. The third-order valence-electron chi connectivity index (χ3n) is 2.74. The van der Waals surface area contributed by atoms with Gasteiger partial charge in [0.25, 0.3) is 0 Å². The zero-order chi connectivity index (χ0) is 12.7. The van der Waals surface area contributed by atoms with Crippen molar-refractivity contribution in [1.29, 1.82) is 0 Å². The highest BCUT2D eigenvalue weighted by Gasteiger charge is 2.15. The van der Waals surface area contributed by atoms with Crippen molar-refractivity contribution in [2.75, 3.05) is 33.2 Å². The smallest absolute Gasteiger partial charge is 0.136 e. The Kier molecular flexibility index (Phi) is 6.44. The molecule has 4 nitrogen and oxygen atoms in total. The molecule has 0 bridgehead atoms. The molecule has 0 spiro atoms. The Hall–Kier alpha value is -0.680. The highest BCUT2D eigenvalue weighted by molar-refractivity contribution is 9.11. The molecule has 17 heavy (non-hydrogen) atoms. The molecule has 1 atom stereocenters. The molecule has 1 heterocycles. The first-order chi connectivity index (χ1) is 8.08. The van der Waals surface area contributed by atoms with Crippen LogP contribution in [0.3, 0.4) is 0 Å². The number of likely N-dealkylation sites (tertiary alicyclic amines) is 1. The second kappa shape index (κ2) is 7.61. The molecule has 0 radical (unpaired) electrons. The summed E-state index contributed by atoms with van der Waals surface area (Å²) in [4.78, 5) is 10.8. The van der Waals surface area contributed by atoms with E-state index in [1.807, 2.05) is 0 Å². The van der Waals surface area contributed by atoms with E-state index in [2.05, 4.69) is 44.4 Å². The number of nitrogens with zero attached hydrogens (tertiary/aromatic N) is 3. The summed E-state index contributed by atoms with van der Waals surface area (Å²) in [6.07, 6.45) is 4.19. The van der Waals surface area contributed by atoms with E-state index in [0.717, 1.165) is 17.6 Å². The lowest BCUT2D eigenvalue weighted by atomic mass is 9.99. The van der Waals surface area contributed by atoms with Gasteiger partial charge < -0.3 is 10.6 Å². The fourth-order valence-electron chi connectivity index (χ4n) is 1.94. The van der Waals surface area contributed by atoms with Gasteiger partial charge >= 0.3 is 0 Å². The van der Waals surface area contributed by atoms with Crippen molar-refractivity contribution < 1.29 is 0 Å². The minimum Gasteiger partial charge on any atom is -0.383 e. The Morgan fingerprint density at radius 3 is 3.06 bits per heavy atom. The molecule has 0 saturated carbocycles. The minimum atomic E-state index is 0.467. The maximum atomic E-state index is 5.69. The normalized spacial score (nSPS) is 23.2. The Labute approximate surface area is 112 Å². The van der Waals surface area contributed by atoms with Crippen molar-refractivity contribution >= 4 is 28.0 Å². The van der Waals surface area contributed by atoms with Gasteiger partial charge in [-0.1, -0.05) is 22.5 Å². The highest BCUT2D eigenvalue weighted by atomic mass is 79.9. The highest BCUT2D eigenvalue weighted by Crippen LogP contribution is 2.14. The summed E-state index contributed by atoms with van der Waals surface area (Å²) >= 11 is 3.23. The molecule has 1 rings (SSSR count). The van der Waals surface area contributed by atoms with Crippen molar-refractivity contribution in [2.24, 2.45) is 21.6 Å². The van der Waals surface area contributed by atoms with E-state index < -0.39 is 0 Å². The number of aliphatic imine (C=N–C) groups is 2. The third-order valence-corrected chi connectivity index (χ3v) is 2.99. The average Bonchev–Trinajstić information content (AvgIpc) is 2.26. The van der Waals surface area contributed by atoms with Gasteiger partial charge in [0.05, 0.1) is 12.8 Å². The number of hydrogen-bond acceptors (Lipinski definition) is 3. The van der Waals surface area contributed by atoms with Crippen LogP contribution >= 0.6 is 15.9 Å². The van der Waals surface area contributed by atoms with Crippen molar-refractivity contribution in [2.45, 2.75) is 12.8 Å². The molecule has 1 aliphatic rings. The van der Waals surface area contributed by atoms with Gasteiger partial charge in [-0.2, -0.15) is 0 Å². The largest absolute Gasteiger partial charge is 0.383 e. The third kappa shape index (κ3) is 6.58. The lowest BCUT2D eigenvalue weighted by Crippen LogP contribution is -2.33. The van der Waals surface area contributed by atoms with Crippen LogP contribution in [0.4, 0.5) is 0 Å². The fraction of sp³-hybridized carbons (Fsp3) is 0.667. The first kappa shape index (κ1) is 14.4. The molecule has 2 N–H and O–H groups in total. The summed E-state index contributed by atoms with van der Waals surface area (Å²) in [6, 6.07) is 0. The maximum Gasteiger partial charge on any atom is 0.136 e. The van der Waals surface area contributed by atoms with Crippen LogP contribution in [-0.4, -0.2) is 50.2 Å². The average molecular weight is 301 g/mol. The number of rotatable bonds is 5. The monoisotopic (exact) mass is 300 g/mol. The van der Waals surface area contributed by atoms with E-state index >= 15 is 0 Å². The molecule has 0 aliphatic carbocycles. The summed E-state index contributed by atoms with van der Waals surface area (Å²) in [5.74, 6) is 1.12. The van der Waals surface area contributed by atoms with E-state index in [-0.39, 0.29) is 0 Å². The Morgan fingerprint density at radius 1 is 1.65 bits per heavy atom. The first-order valence-electron chi connectivity index (χ1n) is 5.89. The molecular weight excluding hydrogens is 280 g/mol. The van der Waals surface area contributed by atoms with Gasteiger partial charge in [0.15, 0.2) is 0 Å². The zero-order valence-electron chi connectivity index (χ0n) is 10.4. The topological polar surface area (TPSA) is 54.0 Å². The van der Waals surface area contributed by atoms with Crippen LogP contribution in [0.1, 0.15) is 12.8 Å². The van der Waals surface area contributed by atoms with Gasteiger partial charge in [0.2, 0.25) is 0 Å². The summed E-state index contributed by atoms with van der Waals surface area (Å²) in [5.41, 5.74) is 5.69. The lowest BCUT2D eigenvalue weighted by molar-refractivity contribution is 0.214. The van der Waals surface area contributed by atoms with Gasteiger partial charge in [-0.3, -0.25) is 9.98 Å². The molecule has 0 aromatic rings. The second-order valence-corrected chi connectivity index (χ2v) is 5.64. The lowest BCUT2D eigenvalue weighted by Gasteiger charge is -2.28. The molecule has 0 aromatic carbocycles. The summed E-state index contributed by atoms with van der Waals surface area (Å²) in [5, 5.41) is 0. The molecular formula is C12H21BrN4.